The van der Waals surface area contributed by atoms with Gasteiger partial charge in [0.2, 0.25) is 12.1 Å². The normalized spacial score (nSPS) is 30.9. The number of carbonyl (C=O) groups excluding carboxylic acids is 1. The summed E-state index contributed by atoms with van der Waals surface area (Å²) in [5.41, 5.74) is -0.0210. The lowest BCUT2D eigenvalue weighted by atomic mass is 9.92. The zero-order valence-corrected chi connectivity index (χ0v) is 17.8. The second-order valence-corrected chi connectivity index (χ2v) is 7.91. The molecule has 0 spiro atoms. The molecular formula is C22H24O12. The first-order valence-electron chi connectivity index (χ1n) is 10.3. The van der Waals surface area contributed by atoms with Crippen molar-refractivity contribution in [2.75, 3.05) is 13.7 Å². The molecule has 2 aliphatic rings. The number of benzene rings is 2. The van der Waals surface area contributed by atoms with Crippen LogP contribution in [0.3, 0.4) is 0 Å². The number of fused-ring (bicyclic) bond motifs is 1. The summed E-state index contributed by atoms with van der Waals surface area (Å²) in [5, 5.41) is 70.3. The number of phenolic OH excluding ortho intramolecular Hbond substituents is 2. The van der Waals surface area contributed by atoms with E-state index in [4.69, 9.17) is 18.9 Å². The van der Waals surface area contributed by atoms with E-state index in [0.29, 0.717) is 0 Å². The number of hydrogen-bond acceptors (Lipinski definition) is 12. The van der Waals surface area contributed by atoms with Crippen LogP contribution in [0.1, 0.15) is 22.0 Å². The molecule has 1 fully saturated rings. The SMILES string of the molecule is COc1cc(O)c2c(c1)O[C@H](c1ccc(O)c(O[C@@H]3O[C@H](CO)[C@@H](O)[C@H](O)[C@H]3O)c1)[C@@H](O)C2=O. The molecule has 0 radical (unpaired) electrons. The van der Waals surface area contributed by atoms with E-state index in [1.165, 1.54) is 37.4 Å². The lowest BCUT2D eigenvalue weighted by molar-refractivity contribution is -0.277. The molecule has 0 amide bonds. The molecule has 184 valence electrons. The van der Waals surface area contributed by atoms with Crippen LogP contribution in [-0.2, 0) is 4.74 Å². The molecule has 7 atom stereocenters. The fourth-order valence-corrected chi connectivity index (χ4v) is 3.86. The monoisotopic (exact) mass is 480 g/mol. The van der Waals surface area contributed by atoms with Crippen LogP contribution in [0.4, 0.5) is 0 Å². The number of ketones is 1. The Bertz CT molecular complexity index is 1070. The van der Waals surface area contributed by atoms with E-state index in [2.05, 4.69) is 0 Å². The summed E-state index contributed by atoms with van der Waals surface area (Å²) < 4.78 is 21.6. The second kappa shape index (κ2) is 9.25. The molecule has 2 aromatic carbocycles. The molecule has 1 saturated heterocycles. The van der Waals surface area contributed by atoms with Crippen molar-refractivity contribution in [1.82, 2.24) is 0 Å². The quantitative estimate of drug-likeness (QED) is 0.275. The summed E-state index contributed by atoms with van der Waals surface area (Å²) in [7, 11) is 1.36. The van der Waals surface area contributed by atoms with E-state index in [9.17, 15) is 40.5 Å². The molecule has 34 heavy (non-hydrogen) atoms. The zero-order chi connectivity index (χ0) is 24.7. The van der Waals surface area contributed by atoms with Crippen molar-refractivity contribution in [3.05, 3.63) is 41.5 Å². The maximum absolute atomic E-state index is 12.7. The summed E-state index contributed by atoms with van der Waals surface area (Å²) in [6.07, 6.45) is -10.8. The molecule has 0 saturated carbocycles. The first-order chi connectivity index (χ1) is 16.2. The minimum absolute atomic E-state index is 0.0263. The first kappa shape index (κ1) is 24.0. The van der Waals surface area contributed by atoms with Crippen molar-refractivity contribution in [1.29, 1.82) is 0 Å². The lowest BCUT2D eigenvalue weighted by Crippen LogP contribution is -2.60. The molecule has 2 aliphatic heterocycles. The number of Topliss-reactive ketones (excluding diaryl/α,β-unsaturated/α-hetero) is 1. The van der Waals surface area contributed by atoms with Gasteiger partial charge < -0.3 is 54.7 Å². The fraction of sp³-hybridized carbons (Fsp3) is 0.409. The summed E-state index contributed by atoms with van der Waals surface area (Å²) in [6, 6.07) is 6.36. The van der Waals surface area contributed by atoms with Crippen molar-refractivity contribution in [2.45, 2.75) is 42.9 Å². The Balaban J connectivity index is 1.63. The second-order valence-electron chi connectivity index (χ2n) is 7.91. The minimum atomic E-state index is -1.72. The Hall–Kier alpha value is -3.13. The van der Waals surface area contributed by atoms with Crippen LogP contribution < -0.4 is 14.2 Å². The average Bonchev–Trinajstić information content (AvgIpc) is 2.82. The summed E-state index contributed by atoms with van der Waals surface area (Å²) in [5.74, 6) is -1.69. The Morgan fingerprint density at radius 3 is 2.38 bits per heavy atom. The van der Waals surface area contributed by atoms with Crippen molar-refractivity contribution in [2.24, 2.45) is 0 Å². The number of phenols is 2. The van der Waals surface area contributed by atoms with Gasteiger partial charge in [0.15, 0.2) is 23.7 Å². The molecule has 12 nitrogen and oxygen atoms in total. The van der Waals surface area contributed by atoms with Crippen molar-refractivity contribution in [3.8, 4) is 28.7 Å². The summed E-state index contributed by atoms with van der Waals surface area (Å²) >= 11 is 0. The lowest BCUT2D eigenvalue weighted by Gasteiger charge is -2.39. The van der Waals surface area contributed by atoms with Crippen LogP contribution in [-0.4, -0.2) is 92.1 Å². The van der Waals surface area contributed by atoms with E-state index < -0.39 is 66.8 Å². The van der Waals surface area contributed by atoms with Gasteiger partial charge in [-0.1, -0.05) is 6.07 Å². The van der Waals surface area contributed by atoms with E-state index in [-0.39, 0.29) is 28.4 Å². The summed E-state index contributed by atoms with van der Waals surface area (Å²) in [4.78, 5) is 12.7. The first-order valence-corrected chi connectivity index (χ1v) is 10.3. The molecule has 7 N–H and O–H groups in total. The molecule has 0 aliphatic carbocycles. The topological polar surface area (TPSA) is 196 Å². The highest BCUT2D eigenvalue weighted by molar-refractivity contribution is 6.05. The number of hydrogen-bond donors (Lipinski definition) is 7. The third-order valence-electron chi connectivity index (χ3n) is 5.75. The van der Waals surface area contributed by atoms with E-state index in [1.54, 1.807) is 0 Å². The van der Waals surface area contributed by atoms with Gasteiger partial charge in [-0.3, -0.25) is 4.79 Å². The number of carbonyl (C=O) groups is 1. The predicted molar refractivity (Wildman–Crippen MR) is 111 cm³/mol. The zero-order valence-electron chi connectivity index (χ0n) is 17.8. The number of ether oxygens (including phenoxy) is 4. The van der Waals surface area contributed by atoms with Gasteiger partial charge in [0.1, 0.15) is 47.2 Å². The van der Waals surface area contributed by atoms with Crippen LogP contribution in [0.25, 0.3) is 0 Å². The fourth-order valence-electron chi connectivity index (χ4n) is 3.86. The van der Waals surface area contributed by atoms with Crippen LogP contribution in [0.2, 0.25) is 0 Å². The van der Waals surface area contributed by atoms with Gasteiger partial charge in [-0.25, -0.2) is 0 Å². The predicted octanol–water partition coefficient (Wildman–Crippen LogP) is -1.04. The largest absolute Gasteiger partial charge is 0.507 e. The number of rotatable bonds is 5. The Kier molecular flexibility index (Phi) is 6.53. The van der Waals surface area contributed by atoms with Gasteiger partial charge in [-0.2, -0.15) is 0 Å². The number of aliphatic hydroxyl groups excluding tert-OH is 5. The van der Waals surface area contributed by atoms with E-state index in [0.717, 1.165) is 0 Å². The third-order valence-corrected chi connectivity index (χ3v) is 5.75. The maximum Gasteiger partial charge on any atom is 0.229 e. The van der Waals surface area contributed by atoms with Gasteiger partial charge in [0.25, 0.3) is 0 Å². The third kappa shape index (κ3) is 4.11. The molecule has 12 heteroatoms. The van der Waals surface area contributed by atoms with Crippen LogP contribution in [0.15, 0.2) is 30.3 Å². The van der Waals surface area contributed by atoms with E-state index in [1.807, 2.05) is 0 Å². The Labute approximate surface area is 192 Å². The smallest absolute Gasteiger partial charge is 0.229 e. The highest BCUT2D eigenvalue weighted by atomic mass is 16.7. The molecule has 0 unspecified atom stereocenters. The standard InChI is InChI=1S/C22H24O12/c1-31-9-5-11(25)15-13(6-9)32-21(19(29)17(15)27)8-2-3-10(24)12(4-8)33-22-20(30)18(28)16(26)14(7-23)34-22/h2-6,14,16,18-26,28-30H,7H2,1H3/t14-,16-,18+,19+,20-,21-,22-/m1/s1. The van der Waals surface area contributed by atoms with Crippen molar-refractivity contribution in [3.63, 3.8) is 0 Å². The van der Waals surface area contributed by atoms with Gasteiger partial charge >= 0.3 is 0 Å². The molecule has 0 aromatic heterocycles. The highest BCUT2D eigenvalue weighted by Crippen LogP contribution is 2.43. The minimum Gasteiger partial charge on any atom is -0.507 e. The van der Waals surface area contributed by atoms with Crippen molar-refractivity contribution >= 4 is 5.78 Å². The summed E-state index contributed by atoms with van der Waals surface area (Å²) in [6.45, 7) is -0.670. The molecule has 2 heterocycles. The van der Waals surface area contributed by atoms with Crippen LogP contribution in [0, 0.1) is 0 Å². The number of aromatic hydroxyl groups is 2. The maximum atomic E-state index is 12.7. The Morgan fingerprint density at radius 1 is 0.971 bits per heavy atom. The van der Waals surface area contributed by atoms with Crippen LogP contribution >= 0.6 is 0 Å². The van der Waals surface area contributed by atoms with Gasteiger partial charge in [-0.05, 0) is 17.7 Å². The molecule has 2 aromatic rings. The van der Waals surface area contributed by atoms with Gasteiger partial charge in [0.05, 0.1) is 13.7 Å². The molecule has 0 bridgehead atoms. The molecular weight excluding hydrogens is 456 g/mol. The molecule has 4 rings (SSSR count). The van der Waals surface area contributed by atoms with Crippen LogP contribution in [0.5, 0.6) is 28.7 Å². The average molecular weight is 480 g/mol. The number of methoxy groups -OCH3 is 1. The van der Waals surface area contributed by atoms with Gasteiger partial charge in [0, 0.05) is 12.1 Å². The highest BCUT2D eigenvalue weighted by Gasteiger charge is 2.45. The van der Waals surface area contributed by atoms with Crippen molar-refractivity contribution < 1.29 is 59.5 Å². The number of aliphatic hydroxyl groups is 5. The van der Waals surface area contributed by atoms with Gasteiger partial charge in [-0.15, -0.1) is 0 Å². The Morgan fingerprint density at radius 2 is 1.71 bits per heavy atom. The van der Waals surface area contributed by atoms with E-state index >= 15 is 0 Å².